The Kier molecular flexibility index (Phi) is 2.00. The van der Waals surface area contributed by atoms with Crippen molar-refractivity contribution < 1.29 is 0 Å². The first-order chi connectivity index (χ1) is 6.25. The van der Waals surface area contributed by atoms with E-state index in [0.717, 1.165) is 11.4 Å². The predicted molar refractivity (Wildman–Crippen MR) is 52.7 cm³/mol. The van der Waals surface area contributed by atoms with Crippen molar-refractivity contribution in [3.63, 3.8) is 0 Å². The van der Waals surface area contributed by atoms with Gasteiger partial charge in [0.05, 0.1) is 6.04 Å². The molecule has 1 aliphatic rings. The number of aromatic nitrogens is 1. The topological polar surface area (TPSA) is 51.3 Å². The molecule has 1 aromatic heterocycles. The second-order valence-corrected chi connectivity index (χ2v) is 3.41. The van der Waals surface area contributed by atoms with Crippen molar-refractivity contribution in [2.75, 3.05) is 0 Å². The van der Waals surface area contributed by atoms with E-state index in [-0.39, 0.29) is 0 Å². The van der Waals surface area contributed by atoms with E-state index in [4.69, 9.17) is 5.73 Å². The Balaban J connectivity index is 2.23. The third-order valence-electron chi connectivity index (χ3n) is 2.02. The molecule has 1 fully saturated rings. The molecule has 0 amide bonds. The van der Waals surface area contributed by atoms with Gasteiger partial charge < -0.3 is 5.73 Å². The third-order valence-corrected chi connectivity index (χ3v) is 2.02. The van der Waals surface area contributed by atoms with Crippen LogP contribution in [0.3, 0.4) is 0 Å². The van der Waals surface area contributed by atoms with E-state index in [1.54, 1.807) is 0 Å². The van der Waals surface area contributed by atoms with Crippen molar-refractivity contribution in [3.05, 3.63) is 29.6 Å². The number of rotatable bonds is 2. The van der Waals surface area contributed by atoms with Gasteiger partial charge in [-0.3, -0.25) is 4.99 Å². The van der Waals surface area contributed by atoms with Crippen molar-refractivity contribution in [2.24, 2.45) is 10.7 Å². The summed E-state index contributed by atoms with van der Waals surface area (Å²) in [5.74, 6) is 0.575. The first kappa shape index (κ1) is 8.23. The summed E-state index contributed by atoms with van der Waals surface area (Å²) in [6, 6.07) is 6.26. The summed E-state index contributed by atoms with van der Waals surface area (Å²) in [5, 5.41) is 0. The molecule has 0 spiro atoms. The zero-order valence-corrected chi connectivity index (χ0v) is 7.70. The SMILES string of the molecule is Cc1cccc(C(N)=NC2CC2)n1. The smallest absolute Gasteiger partial charge is 0.144 e. The lowest BCUT2D eigenvalue weighted by atomic mass is 10.3. The molecule has 0 radical (unpaired) electrons. The number of aliphatic imine (C=N–C) groups is 1. The second-order valence-electron chi connectivity index (χ2n) is 3.41. The average Bonchev–Trinajstić information content (AvgIpc) is 2.88. The molecule has 2 N–H and O–H groups in total. The fourth-order valence-electron chi connectivity index (χ4n) is 1.15. The van der Waals surface area contributed by atoms with Gasteiger partial charge in [0.2, 0.25) is 0 Å². The van der Waals surface area contributed by atoms with E-state index in [0.29, 0.717) is 11.9 Å². The Bertz CT molecular complexity index is 340. The van der Waals surface area contributed by atoms with Crippen LogP contribution in [-0.4, -0.2) is 16.9 Å². The summed E-state index contributed by atoms with van der Waals surface area (Å²) in [6.07, 6.45) is 2.35. The highest BCUT2D eigenvalue weighted by molar-refractivity contribution is 5.95. The summed E-state index contributed by atoms with van der Waals surface area (Å²) in [4.78, 5) is 8.63. The number of hydrogen-bond acceptors (Lipinski definition) is 2. The zero-order valence-electron chi connectivity index (χ0n) is 7.70. The van der Waals surface area contributed by atoms with Crippen LogP contribution in [0.5, 0.6) is 0 Å². The number of nitrogens with two attached hydrogens (primary N) is 1. The lowest BCUT2D eigenvalue weighted by Gasteiger charge is -2.00. The summed E-state index contributed by atoms with van der Waals surface area (Å²) in [7, 11) is 0. The molecule has 13 heavy (non-hydrogen) atoms. The Morgan fingerprint density at radius 3 is 2.92 bits per heavy atom. The average molecular weight is 175 g/mol. The summed E-state index contributed by atoms with van der Waals surface area (Å²) in [6.45, 7) is 1.95. The van der Waals surface area contributed by atoms with E-state index >= 15 is 0 Å². The molecular weight excluding hydrogens is 162 g/mol. The van der Waals surface area contributed by atoms with Crippen LogP contribution in [0.4, 0.5) is 0 Å². The summed E-state index contributed by atoms with van der Waals surface area (Å²) >= 11 is 0. The molecule has 1 aliphatic carbocycles. The Labute approximate surface area is 77.7 Å². The number of hydrogen-bond donors (Lipinski definition) is 1. The van der Waals surface area contributed by atoms with Crippen molar-refractivity contribution in [1.82, 2.24) is 4.98 Å². The van der Waals surface area contributed by atoms with Crippen LogP contribution < -0.4 is 5.73 Å². The highest BCUT2D eigenvalue weighted by Crippen LogP contribution is 2.23. The molecule has 0 unspecified atom stereocenters. The quantitative estimate of drug-likeness (QED) is 0.543. The number of amidine groups is 1. The Morgan fingerprint density at radius 2 is 2.31 bits per heavy atom. The molecule has 0 saturated heterocycles. The monoisotopic (exact) mass is 175 g/mol. The summed E-state index contributed by atoms with van der Waals surface area (Å²) < 4.78 is 0. The van der Waals surface area contributed by atoms with Gasteiger partial charge in [0.1, 0.15) is 11.5 Å². The van der Waals surface area contributed by atoms with Crippen LogP contribution in [0.1, 0.15) is 24.2 Å². The highest BCUT2D eigenvalue weighted by Gasteiger charge is 2.20. The van der Waals surface area contributed by atoms with Crippen molar-refractivity contribution in [1.29, 1.82) is 0 Å². The van der Waals surface area contributed by atoms with Crippen LogP contribution in [0, 0.1) is 6.92 Å². The first-order valence-electron chi connectivity index (χ1n) is 4.53. The van der Waals surface area contributed by atoms with E-state index in [1.807, 2.05) is 25.1 Å². The van der Waals surface area contributed by atoms with Gasteiger partial charge in [-0.2, -0.15) is 0 Å². The van der Waals surface area contributed by atoms with Crippen molar-refractivity contribution in [3.8, 4) is 0 Å². The molecule has 1 aromatic rings. The maximum Gasteiger partial charge on any atom is 0.144 e. The van der Waals surface area contributed by atoms with Gasteiger partial charge in [0.25, 0.3) is 0 Å². The van der Waals surface area contributed by atoms with E-state index in [2.05, 4.69) is 9.98 Å². The van der Waals surface area contributed by atoms with Gasteiger partial charge in [0, 0.05) is 5.69 Å². The number of nitrogens with zero attached hydrogens (tertiary/aromatic N) is 2. The van der Waals surface area contributed by atoms with Crippen LogP contribution in [0.15, 0.2) is 23.2 Å². The van der Waals surface area contributed by atoms with Crippen molar-refractivity contribution >= 4 is 5.84 Å². The number of aryl methyl sites for hydroxylation is 1. The highest BCUT2D eigenvalue weighted by atomic mass is 14.9. The second kappa shape index (κ2) is 3.17. The van der Waals surface area contributed by atoms with Gasteiger partial charge >= 0.3 is 0 Å². The number of pyridine rings is 1. The molecule has 2 rings (SSSR count). The molecule has 0 aliphatic heterocycles. The van der Waals surface area contributed by atoms with E-state index in [1.165, 1.54) is 12.8 Å². The molecule has 68 valence electrons. The predicted octanol–water partition coefficient (Wildman–Crippen LogP) is 1.26. The molecule has 0 aromatic carbocycles. The van der Waals surface area contributed by atoms with Crippen LogP contribution in [0.2, 0.25) is 0 Å². The van der Waals surface area contributed by atoms with Crippen LogP contribution >= 0.6 is 0 Å². The van der Waals surface area contributed by atoms with Crippen molar-refractivity contribution in [2.45, 2.75) is 25.8 Å². The largest absolute Gasteiger partial charge is 0.382 e. The third kappa shape index (κ3) is 2.05. The molecule has 0 atom stereocenters. The van der Waals surface area contributed by atoms with Gasteiger partial charge in [-0.15, -0.1) is 0 Å². The van der Waals surface area contributed by atoms with Crippen LogP contribution in [0.25, 0.3) is 0 Å². The molecule has 0 bridgehead atoms. The molecule has 3 nitrogen and oxygen atoms in total. The van der Waals surface area contributed by atoms with Gasteiger partial charge in [-0.25, -0.2) is 4.98 Å². The lowest BCUT2D eigenvalue weighted by molar-refractivity contribution is 1.05. The first-order valence-corrected chi connectivity index (χ1v) is 4.53. The normalized spacial score (nSPS) is 17.5. The fourth-order valence-corrected chi connectivity index (χ4v) is 1.15. The molecule has 1 heterocycles. The Hall–Kier alpha value is -1.38. The summed E-state index contributed by atoms with van der Waals surface area (Å²) in [5.41, 5.74) is 7.57. The Morgan fingerprint density at radius 1 is 1.54 bits per heavy atom. The lowest BCUT2D eigenvalue weighted by Crippen LogP contribution is -2.16. The zero-order chi connectivity index (χ0) is 9.26. The minimum atomic E-state index is 0.460. The van der Waals surface area contributed by atoms with Gasteiger partial charge in [0.15, 0.2) is 0 Å². The van der Waals surface area contributed by atoms with E-state index in [9.17, 15) is 0 Å². The molecular formula is C10H13N3. The minimum Gasteiger partial charge on any atom is -0.382 e. The van der Waals surface area contributed by atoms with Crippen LogP contribution in [-0.2, 0) is 0 Å². The maximum atomic E-state index is 5.79. The van der Waals surface area contributed by atoms with Gasteiger partial charge in [-0.05, 0) is 31.9 Å². The fraction of sp³-hybridized carbons (Fsp3) is 0.400. The van der Waals surface area contributed by atoms with E-state index < -0.39 is 0 Å². The van der Waals surface area contributed by atoms with Gasteiger partial charge in [-0.1, -0.05) is 6.07 Å². The maximum absolute atomic E-state index is 5.79. The standard InChI is InChI=1S/C10H13N3/c1-7-3-2-4-9(12-7)10(11)13-8-5-6-8/h2-4,8H,5-6H2,1H3,(H2,11,13). The minimum absolute atomic E-state index is 0.460. The molecule has 1 saturated carbocycles. The molecule has 3 heteroatoms.